The molecule has 154 valence electrons. The second-order valence-electron chi connectivity index (χ2n) is 8.17. The van der Waals surface area contributed by atoms with E-state index < -0.39 is 5.60 Å². The minimum Gasteiger partial charge on any atom is -0.380 e. The van der Waals surface area contributed by atoms with Crippen molar-refractivity contribution in [1.29, 1.82) is 5.26 Å². The van der Waals surface area contributed by atoms with Crippen molar-refractivity contribution in [1.82, 2.24) is 14.8 Å². The molecule has 0 bridgehead atoms. The van der Waals surface area contributed by atoms with E-state index >= 15 is 0 Å². The monoisotopic (exact) mass is 405 g/mol. The van der Waals surface area contributed by atoms with Gasteiger partial charge in [-0.2, -0.15) is 10.4 Å². The van der Waals surface area contributed by atoms with Gasteiger partial charge in [-0.25, -0.2) is 0 Å². The van der Waals surface area contributed by atoms with Crippen LogP contribution in [0.25, 0.3) is 10.9 Å². The second-order valence-corrected chi connectivity index (χ2v) is 8.17. The summed E-state index contributed by atoms with van der Waals surface area (Å²) < 4.78 is 6.97. The number of nitrogens with zero attached hydrogens (tertiary/aromatic N) is 3. The quantitative estimate of drug-likeness (QED) is 0.615. The van der Waals surface area contributed by atoms with Crippen LogP contribution < -0.4 is 10.9 Å². The molecule has 2 fully saturated rings. The number of anilines is 2. The number of nitrogens with one attached hydrogen (secondary N) is 2. The van der Waals surface area contributed by atoms with Gasteiger partial charge in [-0.3, -0.25) is 9.48 Å². The van der Waals surface area contributed by atoms with Gasteiger partial charge in [0.15, 0.2) is 5.82 Å². The van der Waals surface area contributed by atoms with E-state index in [-0.39, 0.29) is 17.5 Å². The van der Waals surface area contributed by atoms with Crippen LogP contribution in [-0.4, -0.2) is 33.1 Å². The van der Waals surface area contributed by atoms with Crippen LogP contribution in [0.15, 0.2) is 41.3 Å². The Labute approximate surface area is 173 Å². The lowest BCUT2D eigenvalue weighted by Gasteiger charge is -2.36. The van der Waals surface area contributed by atoms with Gasteiger partial charge in [-0.15, -0.1) is 0 Å². The third-order valence-corrected chi connectivity index (χ3v) is 6.21. The summed E-state index contributed by atoms with van der Waals surface area (Å²) in [5, 5.41) is 28.5. The molecule has 3 N–H and O–H groups in total. The van der Waals surface area contributed by atoms with Crippen molar-refractivity contribution >= 4 is 22.4 Å². The first kappa shape index (κ1) is 18.9. The Bertz CT molecular complexity index is 1170. The number of fused-ring (bicyclic) bond motifs is 1. The number of ether oxygens (including phenoxy) is 1. The van der Waals surface area contributed by atoms with Crippen molar-refractivity contribution in [2.24, 2.45) is 5.92 Å². The highest BCUT2D eigenvalue weighted by Crippen LogP contribution is 2.37. The molecule has 1 saturated heterocycles. The second kappa shape index (κ2) is 7.27. The molecule has 0 radical (unpaired) electrons. The van der Waals surface area contributed by atoms with Gasteiger partial charge in [-0.05, 0) is 36.6 Å². The van der Waals surface area contributed by atoms with E-state index in [4.69, 9.17) is 9.84 Å². The van der Waals surface area contributed by atoms with Gasteiger partial charge in [0.1, 0.15) is 11.0 Å². The number of nitriles is 1. The number of aromatic amines is 1. The van der Waals surface area contributed by atoms with Crippen LogP contribution in [-0.2, 0) is 10.3 Å². The van der Waals surface area contributed by atoms with Gasteiger partial charge in [-0.1, -0.05) is 25.0 Å². The predicted octanol–water partition coefficient (Wildman–Crippen LogP) is 2.94. The van der Waals surface area contributed by atoms with Crippen LogP contribution in [0, 0.1) is 17.2 Å². The number of hydrogen-bond donors (Lipinski definition) is 3. The zero-order valence-corrected chi connectivity index (χ0v) is 16.5. The fourth-order valence-electron chi connectivity index (χ4n) is 4.46. The summed E-state index contributed by atoms with van der Waals surface area (Å²) in [5.41, 5.74) is 1.15. The SMILES string of the molecule is N#CC1CCCC[C@@H]1n1nc(Nc2ccc(C3(O)COC3)cc2)c2c(=O)[nH]ccc21. The standard InChI is InChI=1S/C22H23N5O3/c23-11-14-3-1-2-4-17(14)27-18-9-10-24-21(28)19(18)20(26-27)25-16-7-5-15(6-8-16)22(29)12-30-13-22/h5-10,14,17,29H,1-4,12-13H2,(H,24,28)(H,25,26)/t14?,17-/m0/s1. The summed E-state index contributed by atoms with van der Waals surface area (Å²) in [7, 11) is 0. The fourth-order valence-corrected chi connectivity index (χ4v) is 4.46. The number of H-pyrrole nitrogens is 1. The molecule has 1 unspecified atom stereocenters. The van der Waals surface area contributed by atoms with Crippen molar-refractivity contribution in [3.05, 3.63) is 52.4 Å². The maximum absolute atomic E-state index is 12.6. The molecular weight excluding hydrogens is 382 g/mol. The summed E-state index contributed by atoms with van der Waals surface area (Å²) in [6, 6.07) is 11.6. The van der Waals surface area contributed by atoms with E-state index in [0.717, 1.165) is 42.5 Å². The summed E-state index contributed by atoms with van der Waals surface area (Å²) >= 11 is 0. The Morgan fingerprint density at radius 3 is 2.70 bits per heavy atom. The average Bonchev–Trinajstić information content (AvgIpc) is 3.12. The fraction of sp³-hybridized carbons (Fsp3) is 0.409. The third kappa shape index (κ3) is 3.07. The Kier molecular flexibility index (Phi) is 4.57. The topological polar surface area (TPSA) is 116 Å². The molecule has 0 amide bonds. The molecule has 2 aromatic heterocycles. The van der Waals surface area contributed by atoms with Gasteiger partial charge < -0.3 is 20.1 Å². The lowest BCUT2D eigenvalue weighted by Crippen LogP contribution is -2.46. The van der Waals surface area contributed by atoms with Gasteiger partial charge in [0.05, 0.1) is 36.8 Å². The molecule has 3 heterocycles. The largest absolute Gasteiger partial charge is 0.380 e. The summed E-state index contributed by atoms with van der Waals surface area (Å²) in [6.45, 7) is 0.595. The van der Waals surface area contributed by atoms with E-state index in [9.17, 15) is 15.2 Å². The molecule has 2 aliphatic rings. The Balaban J connectivity index is 1.52. The maximum atomic E-state index is 12.6. The highest BCUT2D eigenvalue weighted by Gasteiger charge is 2.37. The summed E-state index contributed by atoms with van der Waals surface area (Å²) in [6.07, 6.45) is 5.43. The molecule has 30 heavy (non-hydrogen) atoms. The van der Waals surface area contributed by atoms with E-state index in [1.54, 1.807) is 6.20 Å². The Hall–Kier alpha value is -3.15. The number of rotatable bonds is 4. The van der Waals surface area contributed by atoms with Crippen LogP contribution in [0.4, 0.5) is 11.5 Å². The van der Waals surface area contributed by atoms with Gasteiger partial charge in [0.2, 0.25) is 0 Å². The molecule has 1 aliphatic carbocycles. The predicted molar refractivity (Wildman–Crippen MR) is 111 cm³/mol. The molecule has 1 aliphatic heterocycles. The molecule has 1 saturated carbocycles. The van der Waals surface area contributed by atoms with Crippen LogP contribution in [0.5, 0.6) is 0 Å². The van der Waals surface area contributed by atoms with E-state index in [1.165, 1.54) is 0 Å². The third-order valence-electron chi connectivity index (χ3n) is 6.21. The van der Waals surface area contributed by atoms with Crippen molar-refractivity contribution in [2.75, 3.05) is 18.5 Å². The van der Waals surface area contributed by atoms with Crippen molar-refractivity contribution in [3.8, 4) is 6.07 Å². The van der Waals surface area contributed by atoms with Crippen molar-refractivity contribution < 1.29 is 9.84 Å². The highest BCUT2D eigenvalue weighted by molar-refractivity contribution is 5.91. The number of aliphatic hydroxyl groups is 1. The Morgan fingerprint density at radius 1 is 1.23 bits per heavy atom. The molecule has 1 aromatic carbocycles. The van der Waals surface area contributed by atoms with Gasteiger partial charge >= 0.3 is 0 Å². The smallest absolute Gasteiger partial charge is 0.261 e. The van der Waals surface area contributed by atoms with Crippen molar-refractivity contribution in [2.45, 2.75) is 37.3 Å². The van der Waals surface area contributed by atoms with Crippen LogP contribution in [0.1, 0.15) is 37.3 Å². The molecule has 2 atom stereocenters. The molecule has 5 rings (SSSR count). The highest BCUT2D eigenvalue weighted by atomic mass is 16.5. The van der Waals surface area contributed by atoms with Crippen LogP contribution in [0.3, 0.4) is 0 Å². The van der Waals surface area contributed by atoms with E-state index in [0.29, 0.717) is 24.4 Å². The maximum Gasteiger partial charge on any atom is 0.261 e. The first-order valence-corrected chi connectivity index (χ1v) is 10.3. The zero-order chi connectivity index (χ0) is 20.7. The molecule has 0 spiro atoms. The number of benzene rings is 1. The van der Waals surface area contributed by atoms with Crippen LogP contribution >= 0.6 is 0 Å². The average molecular weight is 405 g/mol. The van der Waals surface area contributed by atoms with E-state index in [2.05, 4.69) is 16.4 Å². The number of aromatic nitrogens is 3. The minimum absolute atomic E-state index is 0.0427. The zero-order valence-electron chi connectivity index (χ0n) is 16.5. The summed E-state index contributed by atoms with van der Waals surface area (Å²) in [5.74, 6) is 0.353. The first-order valence-electron chi connectivity index (χ1n) is 10.3. The molecule has 8 nitrogen and oxygen atoms in total. The minimum atomic E-state index is -0.919. The van der Waals surface area contributed by atoms with Gasteiger partial charge in [0.25, 0.3) is 5.56 Å². The molecular formula is C22H23N5O3. The number of hydrogen-bond acceptors (Lipinski definition) is 6. The first-order chi connectivity index (χ1) is 14.6. The molecule has 3 aromatic rings. The van der Waals surface area contributed by atoms with Crippen molar-refractivity contribution in [3.63, 3.8) is 0 Å². The Morgan fingerprint density at radius 2 is 2.00 bits per heavy atom. The number of pyridine rings is 1. The lowest BCUT2D eigenvalue weighted by molar-refractivity contribution is -0.184. The van der Waals surface area contributed by atoms with Crippen LogP contribution in [0.2, 0.25) is 0 Å². The lowest BCUT2D eigenvalue weighted by atomic mass is 9.85. The van der Waals surface area contributed by atoms with Gasteiger partial charge in [0, 0.05) is 11.9 Å². The van der Waals surface area contributed by atoms with E-state index in [1.807, 2.05) is 35.0 Å². The molecule has 8 heteroatoms. The normalized spacial score (nSPS) is 22.9. The summed E-state index contributed by atoms with van der Waals surface area (Å²) in [4.78, 5) is 15.3.